The summed E-state index contributed by atoms with van der Waals surface area (Å²) in [5.41, 5.74) is 3.70. The minimum atomic E-state index is -2.25. The molecule has 1 saturated carbocycles. The maximum absolute atomic E-state index is 11.5. The van der Waals surface area contributed by atoms with Crippen molar-refractivity contribution >= 4 is 14.3 Å². The number of carbonyl (C=O) groups is 1. The van der Waals surface area contributed by atoms with Crippen molar-refractivity contribution in [1.82, 2.24) is 0 Å². The van der Waals surface area contributed by atoms with E-state index in [0.29, 0.717) is 12.3 Å². The molecule has 1 aromatic carbocycles. The first kappa shape index (κ1) is 17.2. The molecule has 2 rings (SSSR count). The Morgan fingerprint density at radius 2 is 2.00 bits per heavy atom. The van der Waals surface area contributed by atoms with Gasteiger partial charge in [-0.3, -0.25) is 4.79 Å². The molecule has 0 heterocycles. The lowest BCUT2D eigenvalue weighted by atomic mass is 9.92. The number of hydrogen-bond acceptors (Lipinski definition) is 3. The molecule has 1 N–H and O–H groups in total. The Morgan fingerprint density at radius 3 is 2.50 bits per heavy atom. The lowest BCUT2D eigenvalue weighted by Gasteiger charge is -2.36. The van der Waals surface area contributed by atoms with Crippen LogP contribution in [0.25, 0.3) is 0 Å². The maximum atomic E-state index is 11.5. The smallest absolute Gasteiger partial charge is 0.309 e. The Kier molecular flexibility index (Phi) is 4.83. The van der Waals surface area contributed by atoms with Gasteiger partial charge in [-0.1, -0.05) is 32.0 Å². The fourth-order valence-electron chi connectivity index (χ4n) is 2.65. The minimum Gasteiger partial charge on any atom is -0.469 e. The first-order chi connectivity index (χ1) is 10.1. The van der Waals surface area contributed by atoms with Gasteiger partial charge in [0.05, 0.1) is 13.5 Å². The number of esters is 1. The van der Waals surface area contributed by atoms with Gasteiger partial charge in [-0.25, -0.2) is 0 Å². The molecule has 3 nitrogen and oxygen atoms in total. The lowest BCUT2D eigenvalue weighted by molar-refractivity contribution is -0.139. The third-order valence-electron chi connectivity index (χ3n) is 5.09. The van der Waals surface area contributed by atoms with E-state index in [4.69, 9.17) is 4.74 Å². The molecule has 0 unspecified atom stereocenters. The number of methoxy groups -OCH3 is 1. The fourth-order valence-corrected chi connectivity index (χ4v) is 3.27. The summed E-state index contributed by atoms with van der Waals surface area (Å²) in [5, 5.41) is -0.0967. The Hall–Kier alpha value is -1.13. The van der Waals surface area contributed by atoms with Crippen molar-refractivity contribution in [3.05, 3.63) is 34.9 Å². The second-order valence-corrected chi connectivity index (χ2v) is 12.2. The highest BCUT2D eigenvalue weighted by molar-refractivity contribution is 6.72. The monoisotopic (exact) mass is 320 g/mol. The molecule has 4 heteroatoms. The van der Waals surface area contributed by atoms with Crippen LogP contribution >= 0.6 is 0 Å². The van der Waals surface area contributed by atoms with Gasteiger partial charge >= 0.3 is 5.97 Å². The standard InChI is InChI=1S/C18H28O3Si/c1-18(2,22(4,5)20)12-15-10-13(11-17(19)21-3)6-9-16(15)14-7-8-14/h6,9-10,14,20H,7-8,11-12H2,1-5H3. The topological polar surface area (TPSA) is 46.5 Å². The van der Waals surface area contributed by atoms with Crippen LogP contribution in [0, 0.1) is 0 Å². The van der Waals surface area contributed by atoms with E-state index < -0.39 is 8.32 Å². The summed E-state index contributed by atoms with van der Waals surface area (Å²) in [5.74, 6) is 0.461. The Balaban J connectivity index is 2.30. The molecule has 0 amide bonds. The van der Waals surface area contributed by atoms with Crippen molar-refractivity contribution in [2.24, 2.45) is 0 Å². The Bertz CT molecular complexity index is 554. The van der Waals surface area contributed by atoms with Gasteiger partial charge in [0.15, 0.2) is 8.32 Å². The van der Waals surface area contributed by atoms with E-state index in [1.165, 1.54) is 31.1 Å². The van der Waals surface area contributed by atoms with Crippen LogP contribution in [0.5, 0.6) is 0 Å². The first-order valence-electron chi connectivity index (χ1n) is 8.05. The SMILES string of the molecule is COC(=O)Cc1ccc(C2CC2)c(CC(C)(C)[Si](C)(C)O)c1. The first-order valence-corrected chi connectivity index (χ1v) is 11.0. The molecule has 0 spiro atoms. The normalized spacial score (nSPS) is 15.7. The van der Waals surface area contributed by atoms with Crippen LogP contribution in [0.4, 0.5) is 0 Å². The van der Waals surface area contributed by atoms with Crippen molar-refractivity contribution < 1.29 is 14.3 Å². The van der Waals surface area contributed by atoms with Gasteiger partial charge in [-0.2, -0.15) is 0 Å². The summed E-state index contributed by atoms with van der Waals surface area (Å²) in [6.45, 7) is 8.32. The highest BCUT2D eigenvalue weighted by Crippen LogP contribution is 2.45. The summed E-state index contributed by atoms with van der Waals surface area (Å²) in [7, 11) is -0.831. The van der Waals surface area contributed by atoms with Gasteiger partial charge in [0.2, 0.25) is 0 Å². The van der Waals surface area contributed by atoms with E-state index in [0.717, 1.165) is 12.0 Å². The molecule has 22 heavy (non-hydrogen) atoms. The number of hydrogen-bond donors (Lipinski definition) is 1. The largest absolute Gasteiger partial charge is 0.469 e. The highest BCUT2D eigenvalue weighted by atomic mass is 28.4. The molecule has 1 aromatic rings. The van der Waals surface area contributed by atoms with Crippen LogP contribution < -0.4 is 0 Å². The van der Waals surface area contributed by atoms with Crippen LogP contribution in [-0.2, 0) is 22.4 Å². The van der Waals surface area contributed by atoms with Gasteiger partial charge in [-0.05, 0) is 60.0 Å². The van der Waals surface area contributed by atoms with Gasteiger partial charge in [0.1, 0.15) is 0 Å². The van der Waals surface area contributed by atoms with Crippen molar-refractivity contribution in [3.63, 3.8) is 0 Å². The number of rotatable bonds is 6. The van der Waals surface area contributed by atoms with Crippen molar-refractivity contribution in [3.8, 4) is 0 Å². The van der Waals surface area contributed by atoms with Crippen molar-refractivity contribution in [2.75, 3.05) is 7.11 Å². The van der Waals surface area contributed by atoms with Crippen LogP contribution in [0.15, 0.2) is 18.2 Å². The molecule has 0 aromatic heterocycles. The number of benzene rings is 1. The summed E-state index contributed by atoms with van der Waals surface area (Å²) < 4.78 is 4.77. The molecule has 122 valence electrons. The Labute approximate surface area is 134 Å². The zero-order valence-electron chi connectivity index (χ0n) is 14.4. The van der Waals surface area contributed by atoms with Gasteiger partial charge in [0.25, 0.3) is 0 Å². The zero-order valence-corrected chi connectivity index (χ0v) is 15.4. The van der Waals surface area contributed by atoms with E-state index in [1.54, 1.807) is 0 Å². The minimum absolute atomic E-state index is 0.0967. The molecular formula is C18H28O3Si. The predicted octanol–water partition coefficient (Wildman–Crippen LogP) is 3.80. The molecule has 0 atom stereocenters. The van der Waals surface area contributed by atoms with Crippen LogP contribution in [-0.4, -0.2) is 26.2 Å². The van der Waals surface area contributed by atoms with Crippen molar-refractivity contribution in [1.29, 1.82) is 0 Å². The van der Waals surface area contributed by atoms with E-state index >= 15 is 0 Å². The zero-order chi connectivity index (χ0) is 16.5. The Morgan fingerprint density at radius 1 is 1.36 bits per heavy atom. The predicted molar refractivity (Wildman–Crippen MR) is 91.6 cm³/mol. The van der Waals surface area contributed by atoms with Crippen LogP contribution in [0.2, 0.25) is 18.1 Å². The summed E-state index contributed by atoms with van der Waals surface area (Å²) in [4.78, 5) is 22.1. The fraction of sp³-hybridized carbons (Fsp3) is 0.611. The summed E-state index contributed by atoms with van der Waals surface area (Å²) in [6.07, 6.45) is 3.69. The maximum Gasteiger partial charge on any atom is 0.309 e. The van der Waals surface area contributed by atoms with Crippen LogP contribution in [0.1, 0.15) is 49.3 Å². The molecule has 1 fully saturated rings. The molecule has 0 bridgehead atoms. The molecular weight excluding hydrogens is 292 g/mol. The van der Waals surface area contributed by atoms with Crippen molar-refractivity contribution in [2.45, 2.75) is 63.6 Å². The van der Waals surface area contributed by atoms with E-state index in [2.05, 4.69) is 26.0 Å². The van der Waals surface area contributed by atoms with Gasteiger partial charge < -0.3 is 9.53 Å². The van der Waals surface area contributed by atoms with Gasteiger partial charge in [0, 0.05) is 0 Å². The molecule has 0 aliphatic heterocycles. The summed E-state index contributed by atoms with van der Waals surface area (Å²) in [6, 6.07) is 6.36. The second kappa shape index (κ2) is 6.17. The molecule has 1 aliphatic rings. The number of carbonyl (C=O) groups excluding carboxylic acids is 1. The van der Waals surface area contributed by atoms with Crippen LogP contribution in [0.3, 0.4) is 0 Å². The summed E-state index contributed by atoms with van der Waals surface area (Å²) >= 11 is 0. The highest BCUT2D eigenvalue weighted by Gasteiger charge is 2.39. The lowest BCUT2D eigenvalue weighted by Crippen LogP contribution is -2.40. The van der Waals surface area contributed by atoms with E-state index in [1.807, 2.05) is 19.2 Å². The molecule has 0 saturated heterocycles. The quantitative estimate of drug-likeness (QED) is 0.640. The van der Waals surface area contributed by atoms with Gasteiger partial charge in [-0.15, -0.1) is 0 Å². The molecule has 0 radical (unpaired) electrons. The second-order valence-electron chi connectivity index (χ2n) is 7.68. The average Bonchev–Trinajstić information content (AvgIpc) is 3.21. The third-order valence-corrected chi connectivity index (χ3v) is 8.58. The van der Waals surface area contributed by atoms with E-state index in [9.17, 15) is 9.59 Å². The third kappa shape index (κ3) is 3.99. The van der Waals surface area contributed by atoms with E-state index in [-0.39, 0.29) is 11.0 Å². The number of ether oxygens (including phenoxy) is 1. The molecule has 1 aliphatic carbocycles. The average molecular weight is 321 g/mol.